The van der Waals surface area contributed by atoms with Gasteiger partial charge >= 0.3 is 0 Å². The molecule has 3 nitrogen and oxygen atoms in total. The van der Waals surface area contributed by atoms with Gasteiger partial charge in [0.15, 0.2) is 5.11 Å². The third-order valence-corrected chi connectivity index (χ3v) is 3.33. The Hall–Kier alpha value is -1.13. The summed E-state index contributed by atoms with van der Waals surface area (Å²) in [5, 5.41) is 7.14. The minimum Gasteiger partial charge on any atom is -0.385 e. The van der Waals surface area contributed by atoms with Gasteiger partial charge in [0.25, 0.3) is 0 Å². The van der Waals surface area contributed by atoms with Crippen LogP contribution in [0.15, 0.2) is 30.3 Å². The van der Waals surface area contributed by atoms with Gasteiger partial charge in [-0.3, -0.25) is 0 Å². The molecule has 0 aliphatic heterocycles. The monoisotopic (exact) mass is 280 g/mol. The number of nitrogens with one attached hydrogen (secondary N) is 2. The SMILES string of the molecule is COCCCNC(=S)NCCC(C)c1ccccc1. The van der Waals surface area contributed by atoms with Crippen molar-refractivity contribution in [2.24, 2.45) is 0 Å². The lowest BCUT2D eigenvalue weighted by molar-refractivity contribution is 0.195. The quantitative estimate of drug-likeness (QED) is 0.566. The Morgan fingerprint density at radius 2 is 1.89 bits per heavy atom. The van der Waals surface area contributed by atoms with E-state index in [0.717, 1.165) is 37.7 Å². The minimum atomic E-state index is 0.546. The van der Waals surface area contributed by atoms with Crippen molar-refractivity contribution in [3.8, 4) is 0 Å². The van der Waals surface area contributed by atoms with Crippen LogP contribution in [-0.4, -0.2) is 31.9 Å². The summed E-state index contributed by atoms with van der Waals surface area (Å²) in [4.78, 5) is 0. The molecule has 1 unspecified atom stereocenters. The number of hydrogen-bond donors (Lipinski definition) is 2. The van der Waals surface area contributed by atoms with Crippen LogP contribution >= 0.6 is 12.2 Å². The first-order valence-corrected chi connectivity index (χ1v) is 7.20. The number of benzene rings is 1. The first-order valence-electron chi connectivity index (χ1n) is 6.79. The normalized spacial score (nSPS) is 11.9. The molecule has 1 rings (SSSR count). The number of thiocarbonyl (C=S) groups is 1. The maximum absolute atomic E-state index is 5.21. The summed E-state index contributed by atoms with van der Waals surface area (Å²) in [7, 11) is 1.71. The van der Waals surface area contributed by atoms with E-state index in [1.54, 1.807) is 7.11 Å². The Morgan fingerprint density at radius 1 is 1.21 bits per heavy atom. The van der Waals surface area contributed by atoms with Gasteiger partial charge < -0.3 is 15.4 Å². The lowest BCUT2D eigenvalue weighted by atomic mass is 9.98. The maximum atomic E-state index is 5.21. The topological polar surface area (TPSA) is 33.3 Å². The van der Waals surface area contributed by atoms with E-state index in [2.05, 4.69) is 41.8 Å². The van der Waals surface area contributed by atoms with E-state index in [4.69, 9.17) is 17.0 Å². The van der Waals surface area contributed by atoms with Crippen LogP contribution in [0, 0.1) is 0 Å². The molecule has 19 heavy (non-hydrogen) atoms. The van der Waals surface area contributed by atoms with Crippen molar-refractivity contribution in [1.82, 2.24) is 10.6 Å². The van der Waals surface area contributed by atoms with Crippen LogP contribution < -0.4 is 10.6 Å². The van der Waals surface area contributed by atoms with Crippen LogP contribution in [0.2, 0.25) is 0 Å². The Bertz CT molecular complexity index is 356. The molecular weight excluding hydrogens is 256 g/mol. The zero-order valence-electron chi connectivity index (χ0n) is 11.8. The fraction of sp³-hybridized carbons (Fsp3) is 0.533. The second kappa shape index (κ2) is 9.75. The number of ether oxygens (including phenoxy) is 1. The number of hydrogen-bond acceptors (Lipinski definition) is 2. The van der Waals surface area contributed by atoms with Gasteiger partial charge in [-0.05, 0) is 36.5 Å². The summed E-state index contributed by atoms with van der Waals surface area (Å²) in [6.45, 7) is 4.76. The number of methoxy groups -OCH3 is 1. The fourth-order valence-electron chi connectivity index (χ4n) is 1.83. The molecule has 0 radical (unpaired) electrons. The van der Waals surface area contributed by atoms with Crippen LogP contribution in [0.1, 0.15) is 31.2 Å². The summed E-state index contributed by atoms with van der Waals surface area (Å²) in [5.41, 5.74) is 1.38. The highest BCUT2D eigenvalue weighted by atomic mass is 32.1. The standard InChI is InChI=1S/C15H24N2OS/c1-13(14-7-4-3-5-8-14)9-11-17-15(19)16-10-6-12-18-2/h3-5,7-8,13H,6,9-12H2,1-2H3,(H2,16,17,19). The third-order valence-electron chi connectivity index (χ3n) is 3.04. The molecule has 0 saturated carbocycles. The summed E-state index contributed by atoms with van der Waals surface area (Å²) >= 11 is 5.21. The third kappa shape index (κ3) is 7.13. The van der Waals surface area contributed by atoms with Gasteiger partial charge in [0, 0.05) is 26.8 Å². The van der Waals surface area contributed by atoms with Crippen LogP contribution in [-0.2, 0) is 4.74 Å². The van der Waals surface area contributed by atoms with E-state index >= 15 is 0 Å². The van der Waals surface area contributed by atoms with Crippen LogP contribution in [0.3, 0.4) is 0 Å². The Labute approximate surface area is 121 Å². The molecule has 106 valence electrons. The van der Waals surface area contributed by atoms with Gasteiger partial charge in [-0.15, -0.1) is 0 Å². The van der Waals surface area contributed by atoms with Crippen molar-refractivity contribution in [3.63, 3.8) is 0 Å². The second-order valence-electron chi connectivity index (χ2n) is 4.63. The van der Waals surface area contributed by atoms with Crippen molar-refractivity contribution in [2.75, 3.05) is 26.8 Å². The summed E-state index contributed by atoms with van der Waals surface area (Å²) in [6, 6.07) is 10.6. The molecule has 0 bridgehead atoms. The zero-order chi connectivity index (χ0) is 13.9. The summed E-state index contributed by atoms with van der Waals surface area (Å²) in [5.74, 6) is 0.546. The van der Waals surface area contributed by atoms with Gasteiger partial charge in [0.1, 0.15) is 0 Å². The van der Waals surface area contributed by atoms with Gasteiger partial charge in [-0.2, -0.15) is 0 Å². The van der Waals surface area contributed by atoms with E-state index in [9.17, 15) is 0 Å². The molecule has 0 amide bonds. The number of rotatable bonds is 8. The van der Waals surface area contributed by atoms with E-state index in [1.807, 2.05) is 6.07 Å². The van der Waals surface area contributed by atoms with Crippen molar-refractivity contribution in [3.05, 3.63) is 35.9 Å². The highest BCUT2D eigenvalue weighted by molar-refractivity contribution is 7.80. The van der Waals surface area contributed by atoms with Gasteiger partial charge in [0.2, 0.25) is 0 Å². The molecule has 0 aromatic heterocycles. The lowest BCUT2D eigenvalue weighted by Crippen LogP contribution is -2.36. The molecule has 0 saturated heterocycles. The van der Waals surface area contributed by atoms with Gasteiger partial charge in [0.05, 0.1) is 0 Å². The highest BCUT2D eigenvalue weighted by Gasteiger charge is 2.04. The Kier molecular flexibility index (Phi) is 8.18. The Morgan fingerprint density at radius 3 is 2.58 bits per heavy atom. The Balaban J connectivity index is 2.11. The summed E-state index contributed by atoms with van der Waals surface area (Å²) in [6.07, 6.45) is 2.04. The van der Waals surface area contributed by atoms with E-state index in [0.29, 0.717) is 5.92 Å². The first-order chi connectivity index (χ1) is 9.24. The maximum Gasteiger partial charge on any atom is 0.166 e. The molecule has 2 N–H and O–H groups in total. The summed E-state index contributed by atoms with van der Waals surface area (Å²) < 4.78 is 4.98. The fourth-order valence-corrected chi connectivity index (χ4v) is 2.04. The second-order valence-corrected chi connectivity index (χ2v) is 5.04. The molecule has 4 heteroatoms. The molecule has 1 aromatic rings. The van der Waals surface area contributed by atoms with Crippen molar-refractivity contribution < 1.29 is 4.74 Å². The molecule has 0 fully saturated rings. The van der Waals surface area contributed by atoms with Crippen molar-refractivity contribution in [1.29, 1.82) is 0 Å². The van der Waals surface area contributed by atoms with Crippen molar-refractivity contribution >= 4 is 17.3 Å². The smallest absolute Gasteiger partial charge is 0.166 e. The minimum absolute atomic E-state index is 0.546. The predicted molar refractivity (Wildman–Crippen MR) is 84.6 cm³/mol. The van der Waals surface area contributed by atoms with E-state index < -0.39 is 0 Å². The molecule has 0 heterocycles. The molecule has 0 aliphatic rings. The predicted octanol–water partition coefficient (Wildman–Crippen LogP) is 2.68. The lowest BCUT2D eigenvalue weighted by Gasteiger charge is -2.14. The first kappa shape index (κ1) is 15.9. The average molecular weight is 280 g/mol. The van der Waals surface area contributed by atoms with E-state index in [1.165, 1.54) is 5.56 Å². The van der Waals surface area contributed by atoms with E-state index in [-0.39, 0.29) is 0 Å². The molecule has 0 aliphatic carbocycles. The highest BCUT2D eigenvalue weighted by Crippen LogP contribution is 2.17. The van der Waals surface area contributed by atoms with Crippen molar-refractivity contribution in [2.45, 2.75) is 25.7 Å². The van der Waals surface area contributed by atoms with Gasteiger partial charge in [-0.25, -0.2) is 0 Å². The van der Waals surface area contributed by atoms with Crippen LogP contribution in [0.5, 0.6) is 0 Å². The molecule has 0 spiro atoms. The van der Waals surface area contributed by atoms with Crippen LogP contribution in [0.4, 0.5) is 0 Å². The zero-order valence-corrected chi connectivity index (χ0v) is 12.6. The largest absolute Gasteiger partial charge is 0.385 e. The molecule has 1 atom stereocenters. The van der Waals surface area contributed by atoms with Gasteiger partial charge in [-0.1, -0.05) is 37.3 Å². The molecular formula is C15H24N2OS. The van der Waals surface area contributed by atoms with Crippen LogP contribution in [0.25, 0.3) is 0 Å². The molecule has 1 aromatic carbocycles. The average Bonchev–Trinajstić information content (AvgIpc) is 2.44.